The molecule has 0 aromatic carbocycles. The molecule has 0 N–H and O–H groups in total. The van der Waals surface area contributed by atoms with Crippen LogP contribution in [0.1, 0.15) is 6.92 Å². The SMILES string of the molecule is CC[S-].C[S-].[Re]. The monoisotopic (exact) mass is 295 g/mol. The zero-order valence-electron chi connectivity index (χ0n) is 3.90. The first-order valence-corrected chi connectivity index (χ1v) is 2.80. The molecule has 0 unspecified atom stereocenters. The normalized spacial score (nSPS) is 4.00. The Morgan fingerprint density at radius 1 is 1.33 bits per heavy atom. The van der Waals surface area contributed by atoms with E-state index < -0.39 is 0 Å². The van der Waals surface area contributed by atoms with Gasteiger partial charge in [0.1, 0.15) is 0 Å². The second kappa shape index (κ2) is 32.8. The van der Waals surface area contributed by atoms with Gasteiger partial charge in [-0.3, -0.25) is 0 Å². The summed E-state index contributed by atoms with van der Waals surface area (Å²) in [6, 6.07) is 0. The summed E-state index contributed by atoms with van der Waals surface area (Å²) in [6.07, 6.45) is 1.58. The van der Waals surface area contributed by atoms with Crippen molar-refractivity contribution in [2.45, 2.75) is 6.92 Å². The second-order valence-electron chi connectivity index (χ2n) is 0.289. The molecular formula is C3H8ReS2-2. The van der Waals surface area contributed by atoms with Gasteiger partial charge in [-0.1, -0.05) is 6.92 Å². The van der Waals surface area contributed by atoms with Crippen LogP contribution in [0.5, 0.6) is 0 Å². The van der Waals surface area contributed by atoms with Gasteiger partial charge in [0.05, 0.1) is 0 Å². The van der Waals surface area contributed by atoms with E-state index >= 15 is 0 Å². The molecule has 0 bridgehead atoms. The van der Waals surface area contributed by atoms with Crippen molar-refractivity contribution >= 4 is 25.3 Å². The van der Waals surface area contributed by atoms with Gasteiger partial charge in [0.25, 0.3) is 0 Å². The van der Waals surface area contributed by atoms with Crippen LogP contribution in [0.3, 0.4) is 0 Å². The fourth-order valence-electron chi connectivity index (χ4n) is 0. The summed E-state index contributed by atoms with van der Waals surface area (Å²) in [5.41, 5.74) is 0. The summed E-state index contributed by atoms with van der Waals surface area (Å²) >= 11 is 8.48. The van der Waals surface area contributed by atoms with Crippen molar-refractivity contribution in [1.29, 1.82) is 0 Å². The van der Waals surface area contributed by atoms with Crippen LogP contribution in [-0.2, 0) is 45.7 Å². The van der Waals surface area contributed by atoms with E-state index in [0.29, 0.717) is 0 Å². The van der Waals surface area contributed by atoms with Gasteiger partial charge in [0.2, 0.25) is 0 Å². The van der Waals surface area contributed by atoms with E-state index in [4.69, 9.17) is 0 Å². The van der Waals surface area contributed by atoms with E-state index in [0.717, 1.165) is 5.75 Å². The Labute approximate surface area is 64.6 Å². The van der Waals surface area contributed by atoms with Crippen LogP contribution in [0.4, 0.5) is 0 Å². The fraction of sp³-hybridized carbons (Fsp3) is 1.00. The Bertz CT molecular complexity index is 8.75. The molecule has 0 aromatic heterocycles. The van der Waals surface area contributed by atoms with Gasteiger partial charge in [-0.25, -0.2) is 0 Å². The molecule has 0 fully saturated rings. The standard InChI is InChI=1S/C2H6S.CH4S.Re/c1-2-3;1-2;/h3H,2H2,1H3;2H,1H3;/p-2. The molecule has 0 spiro atoms. The first-order valence-electron chi connectivity index (χ1n) is 1.40. The maximum atomic E-state index is 4.39. The first-order chi connectivity index (χ1) is 2.41. The van der Waals surface area contributed by atoms with Crippen molar-refractivity contribution in [1.82, 2.24) is 0 Å². The molecule has 0 aromatic rings. The van der Waals surface area contributed by atoms with Crippen molar-refractivity contribution < 1.29 is 20.4 Å². The van der Waals surface area contributed by atoms with Gasteiger partial charge in [0.15, 0.2) is 0 Å². The topological polar surface area (TPSA) is 0 Å². The number of hydrogen-bond acceptors (Lipinski definition) is 2. The Kier molecular flexibility index (Phi) is 85.6. The minimum absolute atomic E-state index is 0. The Hall–Kier alpha value is 1.36. The molecule has 0 aliphatic rings. The smallest absolute Gasteiger partial charge is 0 e. The molecule has 0 nitrogen and oxygen atoms in total. The van der Waals surface area contributed by atoms with E-state index in [2.05, 4.69) is 25.3 Å². The van der Waals surface area contributed by atoms with Gasteiger partial charge in [0, 0.05) is 20.4 Å². The molecule has 0 rings (SSSR count). The van der Waals surface area contributed by atoms with Crippen molar-refractivity contribution in [2.24, 2.45) is 0 Å². The summed E-state index contributed by atoms with van der Waals surface area (Å²) in [6.45, 7) is 1.94. The Morgan fingerprint density at radius 3 is 1.33 bits per heavy atom. The van der Waals surface area contributed by atoms with Crippen LogP contribution in [0.25, 0.3) is 0 Å². The Morgan fingerprint density at radius 2 is 1.33 bits per heavy atom. The summed E-state index contributed by atoms with van der Waals surface area (Å²) in [5, 5.41) is 0. The minimum Gasteiger partial charge on any atom is -0.796 e. The van der Waals surface area contributed by atoms with Gasteiger partial charge in [-0.15, -0.1) is 0 Å². The maximum Gasteiger partial charge on any atom is 0 e. The van der Waals surface area contributed by atoms with Crippen molar-refractivity contribution in [3.05, 3.63) is 0 Å². The van der Waals surface area contributed by atoms with Crippen LogP contribution in [-0.4, -0.2) is 12.0 Å². The molecule has 0 aliphatic heterocycles. The van der Waals surface area contributed by atoms with Crippen LogP contribution in [0.2, 0.25) is 0 Å². The first kappa shape index (κ1) is 15.7. The maximum absolute atomic E-state index is 4.39. The molecule has 0 saturated heterocycles. The molecule has 0 aliphatic carbocycles. The average molecular weight is 294 g/mol. The molecule has 3 heteroatoms. The van der Waals surface area contributed by atoms with E-state index in [1.807, 2.05) is 6.92 Å². The van der Waals surface area contributed by atoms with Crippen LogP contribution in [0.15, 0.2) is 0 Å². The zero-order valence-corrected chi connectivity index (χ0v) is 8.25. The second-order valence-corrected chi connectivity index (χ2v) is 0.866. The summed E-state index contributed by atoms with van der Waals surface area (Å²) in [5.74, 6) is 0.833. The summed E-state index contributed by atoms with van der Waals surface area (Å²) < 4.78 is 0. The molecule has 0 saturated carbocycles. The molecule has 6 heavy (non-hydrogen) atoms. The molecule has 1 radical (unpaired) electrons. The number of hydrogen-bond donors (Lipinski definition) is 0. The third-order valence-corrected chi connectivity index (χ3v) is 0. The van der Waals surface area contributed by atoms with Crippen LogP contribution in [0, 0.1) is 0 Å². The van der Waals surface area contributed by atoms with Crippen molar-refractivity contribution in [3.8, 4) is 0 Å². The van der Waals surface area contributed by atoms with E-state index in [1.54, 1.807) is 6.26 Å². The molecule has 0 amide bonds. The fourth-order valence-corrected chi connectivity index (χ4v) is 0. The largest absolute Gasteiger partial charge is 0.796 e. The van der Waals surface area contributed by atoms with E-state index in [1.165, 1.54) is 0 Å². The summed E-state index contributed by atoms with van der Waals surface area (Å²) in [4.78, 5) is 0. The third kappa shape index (κ3) is 55.0. The van der Waals surface area contributed by atoms with Crippen LogP contribution < -0.4 is 0 Å². The van der Waals surface area contributed by atoms with Gasteiger partial charge >= 0.3 is 0 Å². The number of rotatable bonds is 0. The zero-order chi connectivity index (χ0) is 4.71. The Balaban J connectivity index is -0.0000000275. The third-order valence-electron chi connectivity index (χ3n) is 0. The van der Waals surface area contributed by atoms with E-state index in [9.17, 15) is 0 Å². The predicted octanol–water partition coefficient (Wildman–Crippen LogP) is 0.714. The van der Waals surface area contributed by atoms with Crippen molar-refractivity contribution in [2.75, 3.05) is 12.0 Å². The van der Waals surface area contributed by atoms with Crippen molar-refractivity contribution in [3.63, 3.8) is 0 Å². The van der Waals surface area contributed by atoms with Gasteiger partial charge in [-0.2, -0.15) is 12.0 Å². The van der Waals surface area contributed by atoms with Gasteiger partial charge < -0.3 is 25.3 Å². The molecule has 41 valence electrons. The minimum atomic E-state index is 0. The quantitative estimate of drug-likeness (QED) is 0.604. The predicted molar refractivity (Wildman–Crippen MR) is 31.2 cm³/mol. The molecule has 0 atom stereocenters. The van der Waals surface area contributed by atoms with Crippen LogP contribution >= 0.6 is 0 Å². The average Bonchev–Trinajstić information content (AvgIpc) is 1.46. The summed E-state index contributed by atoms with van der Waals surface area (Å²) in [7, 11) is 0. The molecule has 0 heterocycles. The van der Waals surface area contributed by atoms with E-state index in [-0.39, 0.29) is 20.4 Å². The molecular weight excluding hydrogens is 286 g/mol. The van der Waals surface area contributed by atoms with Gasteiger partial charge in [-0.05, 0) is 0 Å².